The molecule has 0 saturated heterocycles. The van der Waals surface area contributed by atoms with E-state index in [4.69, 9.17) is 17.7 Å². The van der Waals surface area contributed by atoms with Crippen molar-refractivity contribution in [3.05, 3.63) is 180 Å². The third-order valence-electron chi connectivity index (χ3n) is 11.2. The monoisotopic (exact) mass is 938 g/mol. The molecule has 7 aromatic heterocycles. The molecule has 20 heteroatoms. The molecule has 0 fully saturated rings. The Morgan fingerprint density at radius 3 is 1.21 bits per heavy atom. The van der Waals surface area contributed by atoms with E-state index in [0.29, 0.717) is 60.9 Å². The summed E-state index contributed by atoms with van der Waals surface area (Å²) < 4.78 is 23.6. The van der Waals surface area contributed by atoms with Crippen molar-refractivity contribution in [3.8, 4) is 59.0 Å². The molecule has 14 rings (SSSR count). The van der Waals surface area contributed by atoms with Gasteiger partial charge in [0.15, 0.2) is 45.7 Å². The molecule has 72 heavy (non-hydrogen) atoms. The molecule has 1 N–H and O–H groups in total. The average Bonchev–Trinajstić information content (AvgIpc) is 4.29. The van der Waals surface area contributed by atoms with Gasteiger partial charge in [0.05, 0.1) is 27.8 Å². The van der Waals surface area contributed by atoms with Gasteiger partial charge < -0.3 is 22.7 Å². The van der Waals surface area contributed by atoms with E-state index in [0.717, 1.165) is 11.0 Å². The van der Waals surface area contributed by atoms with Crippen LogP contribution in [0.25, 0.3) is 108 Å². The molecule has 1 aliphatic heterocycles. The molecule has 0 aliphatic carbocycles. The molecule has 1 unspecified atom stereocenters. The number of allylic oxidation sites excluding steroid dienone is 1. The molecule has 1 aliphatic rings. The first-order chi connectivity index (χ1) is 35.5. The quantitative estimate of drug-likeness (QED) is 0.146. The molecule has 1 atom stereocenters. The van der Waals surface area contributed by atoms with Crippen LogP contribution >= 0.6 is 0 Å². The minimum absolute atomic E-state index is 0.0531. The second kappa shape index (κ2) is 17.0. The number of nitrogens with zero attached hydrogens (tertiary/aromatic N) is 15. The molecule has 0 bridgehead atoms. The van der Waals surface area contributed by atoms with Crippen molar-refractivity contribution in [2.45, 2.75) is 5.92 Å². The Kier molecular flexibility index (Phi) is 9.71. The lowest BCUT2D eigenvalue weighted by Gasteiger charge is -2.07. The van der Waals surface area contributed by atoms with Crippen molar-refractivity contribution in [1.29, 1.82) is 10.5 Å². The summed E-state index contributed by atoms with van der Waals surface area (Å²) in [7, 11) is 0. The zero-order chi connectivity index (χ0) is 48.1. The van der Waals surface area contributed by atoms with E-state index in [-0.39, 0.29) is 69.9 Å². The summed E-state index contributed by atoms with van der Waals surface area (Å²) in [5, 5.41) is 21.5. The Balaban J connectivity index is 0.000000140. The van der Waals surface area contributed by atoms with Crippen LogP contribution in [-0.2, 0) is 0 Å². The number of rotatable bonds is 7. The van der Waals surface area contributed by atoms with Gasteiger partial charge in [-0.2, -0.15) is 20.5 Å². The second-order valence-electron chi connectivity index (χ2n) is 15.8. The van der Waals surface area contributed by atoms with Gasteiger partial charge in [0.1, 0.15) is 39.5 Å². The lowest BCUT2D eigenvalue weighted by atomic mass is 10.1. The van der Waals surface area contributed by atoms with Crippen LogP contribution < -0.4 is 10.7 Å². The summed E-state index contributed by atoms with van der Waals surface area (Å²) in [6.45, 7) is 0. The first kappa shape index (κ1) is 41.2. The fourth-order valence-corrected chi connectivity index (χ4v) is 7.83. The van der Waals surface area contributed by atoms with Crippen molar-refractivity contribution in [1.82, 2.24) is 59.8 Å². The number of nitrogens with one attached hydrogen (secondary N) is 1. The highest BCUT2D eigenvalue weighted by molar-refractivity contribution is 5.80. The molecule has 20 nitrogen and oxygen atoms in total. The molecule has 0 saturated carbocycles. The molecule has 338 valence electrons. The first-order valence-corrected chi connectivity index (χ1v) is 22.0. The van der Waals surface area contributed by atoms with Crippen LogP contribution in [0, 0.1) is 22.7 Å². The molecular formula is C52H26N16O4. The molecule has 0 amide bonds. The second-order valence-corrected chi connectivity index (χ2v) is 15.8. The van der Waals surface area contributed by atoms with Crippen molar-refractivity contribution >= 4 is 61.0 Å². The Labute approximate surface area is 402 Å². The highest BCUT2D eigenvalue weighted by atomic mass is 16.4. The summed E-state index contributed by atoms with van der Waals surface area (Å²) in [5.74, 6) is 1.21. The summed E-state index contributed by atoms with van der Waals surface area (Å²) in [4.78, 5) is 62.0. The van der Waals surface area contributed by atoms with Gasteiger partial charge in [-0.05, 0) is 72.8 Å². The van der Waals surface area contributed by atoms with E-state index in [1.165, 1.54) is 0 Å². The van der Waals surface area contributed by atoms with Gasteiger partial charge in [0.25, 0.3) is 23.6 Å². The number of imidazole rings is 1. The Hall–Kier alpha value is -11.0. The zero-order valence-electron chi connectivity index (χ0n) is 36.8. The maximum Gasteiger partial charge on any atom is 0.266 e. The van der Waals surface area contributed by atoms with Gasteiger partial charge in [-0.3, -0.25) is 0 Å². The average molecular weight is 939 g/mol. The number of hydrogen-bond acceptors (Lipinski definition) is 19. The predicted octanol–water partition coefficient (Wildman–Crippen LogP) is 8.65. The molecule has 6 aromatic carbocycles. The number of aromatic amines is 1. The lowest BCUT2D eigenvalue weighted by Crippen LogP contribution is -2.19. The van der Waals surface area contributed by atoms with E-state index >= 15 is 0 Å². The van der Waals surface area contributed by atoms with Crippen LogP contribution in [0.3, 0.4) is 0 Å². The maximum atomic E-state index is 10.1. The molecular weight excluding hydrogens is 913 g/mol. The number of benzene rings is 6. The molecule has 0 spiro atoms. The van der Waals surface area contributed by atoms with Crippen molar-refractivity contribution < 1.29 is 17.7 Å². The number of para-hydroxylation sites is 12. The minimum atomic E-state index is -0.911. The number of nitriles is 2. The van der Waals surface area contributed by atoms with E-state index in [2.05, 4.69) is 81.9 Å². The van der Waals surface area contributed by atoms with Gasteiger partial charge in [-0.1, -0.05) is 72.8 Å². The standard InChI is InChI=1S/C26H14N8O2.C26H12N8O2/c2*27-13-14(21-28-15-7-1-2-8-16(15)29-21)22-32-23(25-30-17-9-3-5-11-19(17)35-25)34-24(33-22)26-31-18-10-4-6-12-20(18)36-26/h1-12,14H,(H,28,29);1-12H. The Morgan fingerprint density at radius 1 is 0.417 bits per heavy atom. The Morgan fingerprint density at radius 2 is 0.806 bits per heavy atom. The van der Waals surface area contributed by atoms with Crippen molar-refractivity contribution in [3.63, 3.8) is 0 Å². The van der Waals surface area contributed by atoms with E-state index in [1.54, 1.807) is 12.1 Å². The summed E-state index contributed by atoms with van der Waals surface area (Å²) in [6, 6.07) is 48.6. The summed E-state index contributed by atoms with van der Waals surface area (Å²) >= 11 is 0. The van der Waals surface area contributed by atoms with Gasteiger partial charge in [0.2, 0.25) is 23.3 Å². The van der Waals surface area contributed by atoms with Crippen molar-refractivity contribution in [2.24, 2.45) is 9.98 Å². The highest BCUT2D eigenvalue weighted by Crippen LogP contribution is 2.31. The topological polar surface area (TPSA) is 282 Å². The first-order valence-electron chi connectivity index (χ1n) is 22.0. The number of oxazole rings is 4. The third kappa shape index (κ3) is 7.47. The summed E-state index contributed by atoms with van der Waals surface area (Å²) in [5.41, 5.74) is 6.56. The third-order valence-corrected chi connectivity index (χ3v) is 11.2. The Bertz CT molecular complexity index is 4170. The molecule has 8 heterocycles. The number of hydrogen-bond donors (Lipinski definition) is 1. The van der Waals surface area contributed by atoms with Gasteiger partial charge in [-0.15, -0.1) is 0 Å². The summed E-state index contributed by atoms with van der Waals surface area (Å²) in [6.07, 6.45) is 0. The predicted molar refractivity (Wildman–Crippen MR) is 257 cm³/mol. The maximum absolute atomic E-state index is 10.1. The molecule has 13 aromatic rings. The van der Waals surface area contributed by atoms with Crippen LogP contribution in [0.5, 0.6) is 0 Å². The van der Waals surface area contributed by atoms with Gasteiger partial charge >= 0.3 is 0 Å². The van der Waals surface area contributed by atoms with Crippen LogP contribution in [-0.4, -0.2) is 59.8 Å². The number of fused-ring (bicyclic) bond motifs is 6. The molecule has 0 radical (unpaired) electrons. The smallest absolute Gasteiger partial charge is 0.266 e. The number of H-pyrrole nitrogens is 1. The fraction of sp³-hybridized carbons (Fsp3) is 0.0192. The number of aromatic nitrogens is 12. The SMILES string of the molecule is N#CC(=C1N=c2ccccc2=N1)c1nc(-c2nc3ccccc3o2)nc(-c2nc3ccccc3o2)n1.N#CC(c1nc(-c2nc3ccccc3o2)nc(-c2nc3ccccc3o2)n1)c1nc2ccccc2[nH]1. The van der Waals surface area contributed by atoms with E-state index < -0.39 is 5.92 Å². The van der Waals surface area contributed by atoms with E-state index in [9.17, 15) is 10.5 Å². The largest absolute Gasteiger partial charge is 0.434 e. The zero-order valence-corrected chi connectivity index (χ0v) is 36.8. The van der Waals surface area contributed by atoms with Gasteiger partial charge in [0, 0.05) is 0 Å². The van der Waals surface area contributed by atoms with Crippen LogP contribution in [0.15, 0.2) is 179 Å². The van der Waals surface area contributed by atoms with Crippen molar-refractivity contribution in [2.75, 3.05) is 0 Å². The van der Waals surface area contributed by atoms with Crippen LogP contribution in [0.2, 0.25) is 0 Å². The van der Waals surface area contributed by atoms with Crippen LogP contribution in [0.1, 0.15) is 23.4 Å². The van der Waals surface area contributed by atoms with Gasteiger partial charge in [-0.25, -0.2) is 54.8 Å². The normalized spacial score (nSPS) is 12.3. The van der Waals surface area contributed by atoms with Crippen LogP contribution in [0.4, 0.5) is 0 Å². The lowest BCUT2D eigenvalue weighted by molar-refractivity contribution is 0.601. The van der Waals surface area contributed by atoms with E-state index in [1.807, 2.05) is 133 Å². The fourth-order valence-electron chi connectivity index (χ4n) is 7.83. The highest BCUT2D eigenvalue weighted by Gasteiger charge is 2.27. The minimum Gasteiger partial charge on any atom is -0.434 e.